The number of hydrogen-bond donors (Lipinski definition) is 3. The molecule has 2 amide bonds. The number of carbonyl (C=O) groups excluding carboxylic acids is 1. The number of urea groups is 1. The third-order valence-corrected chi connectivity index (χ3v) is 5.66. The van der Waals surface area contributed by atoms with Crippen LogP contribution in [0.15, 0.2) is 47.8 Å². The molecule has 0 spiro atoms. The molecular formula is C23H28N4O4S. The van der Waals surface area contributed by atoms with E-state index in [9.17, 15) is 4.79 Å². The van der Waals surface area contributed by atoms with Gasteiger partial charge in [0.25, 0.3) is 0 Å². The van der Waals surface area contributed by atoms with Crippen molar-refractivity contribution in [3.63, 3.8) is 0 Å². The Labute approximate surface area is 191 Å². The Hall–Kier alpha value is -3.30. The van der Waals surface area contributed by atoms with Crippen molar-refractivity contribution >= 4 is 22.5 Å². The molecule has 0 fully saturated rings. The van der Waals surface area contributed by atoms with Crippen molar-refractivity contribution in [3.05, 3.63) is 64.7 Å². The van der Waals surface area contributed by atoms with Crippen LogP contribution in [0.25, 0.3) is 0 Å². The van der Waals surface area contributed by atoms with Crippen molar-refractivity contribution in [2.24, 2.45) is 5.73 Å². The van der Waals surface area contributed by atoms with E-state index in [2.05, 4.69) is 27.8 Å². The first-order valence-electron chi connectivity index (χ1n) is 10.1. The molecular weight excluding hydrogens is 428 g/mol. The maximum atomic E-state index is 12.3. The number of rotatable bonds is 10. The van der Waals surface area contributed by atoms with Crippen LogP contribution in [0, 0.1) is 0 Å². The molecule has 0 aliphatic heterocycles. The van der Waals surface area contributed by atoms with Gasteiger partial charge in [0.2, 0.25) is 5.75 Å². The fourth-order valence-corrected chi connectivity index (χ4v) is 3.96. The van der Waals surface area contributed by atoms with Crippen LogP contribution >= 0.6 is 11.3 Å². The lowest BCUT2D eigenvalue weighted by molar-refractivity contribution is 0.251. The van der Waals surface area contributed by atoms with Gasteiger partial charge in [-0.15, -0.1) is 11.3 Å². The molecule has 1 atom stereocenters. The van der Waals surface area contributed by atoms with Gasteiger partial charge in [-0.05, 0) is 36.1 Å². The molecule has 1 aromatic heterocycles. The minimum atomic E-state index is -0.363. The minimum Gasteiger partial charge on any atom is -0.493 e. The SMILES string of the molecule is COc1cc(CNC(=O)Nc2nc(C(N)CCc3ccccc3)cs2)cc(OC)c1OC. The van der Waals surface area contributed by atoms with Crippen molar-refractivity contribution in [3.8, 4) is 17.2 Å². The van der Waals surface area contributed by atoms with Crippen molar-refractivity contribution in [1.29, 1.82) is 0 Å². The molecule has 0 saturated heterocycles. The zero-order valence-corrected chi connectivity index (χ0v) is 19.2. The Kier molecular flexibility index (Phi) is 8.29. The number of nitrogens with one attached hydrogen (secondary N) is 2. The average molecular weight is 457 g/mol. The molecule has 3 aromatic rings. The Morgan fingerprint density at radius 2 is 1.75 bits per heavy atom. The van der Waals surface area contributed by atoms with Crippen molar-refractivity contribution in [2.75, 3.05) is 26.6 Å². The van der Waals surface area contributed by atoms with E-state index < -0.39 is 0 Å². The van der Waals surface area contributed by atoms with E-state index >= 15 is 0 Å². The third kappa shape index (κ3) is 6.12. The molecule has 8 nitrogen and oxygen atoms in total. The summed E-state index contributed by atoms with van der Waals surface area (Å²) in [6.45, 7) is 0.275. The molecule has 0 bridgehead atoms. The van der Waals surface area contributed by atoms with Crippen molar-refractivity contribution < 1.29 is 19.0 Å². The highest BCUT2D eigenvalue weighted by atomic mass is 32.1. The molecule has 0 aliphatic carbocycles. The minimum absolute atomic E-state index is 0.190. The van der Waals surface area contributed by atoms with Crippen LogP contribution in [-0.4, -0.2) is 32.3 Å². The highest BCUT2D eigenvalue weighted by Crippen LogP contribution is 2.38. The molecule has 0 saturated carbocycles. The number of thiazole rings is 1. The number of nitrogens with zero attached hydrogens (tertiary/aromatic N) is 1. The summed E-state index contributed by atoms with van der Waals surface area (Å²) in [5.74, 6) is 1.55. The quantitative estimate of drug-likeness (QED) is 0.424. The van der Waals surface area contributed by atoms with E-state index in [0.29, 0.717) is 22.4 Å². The Morgan fingerprint density at radius 3 is 2.38 bits per heavy atom. The van der Waals surface area contributed by atoms with E-state index in [4.69, 9.17) is 19.9 Å². The number of amides is 2. The maximum absolute atomic E-state index is 12.3. The lowest BCUT2D eigenvalue weighted by atomic mass is 10.0. The van der Waals surface area contributed by atoms with Gasteiger partial charge in [0.05, 0.1) is 27.0 Å². The van der Waals surface area contributed by atoms with E-state index in [1.807, 2.05) is 23.6 Å². The average Bonchev–Trinajstić information content (AvgIpc) is 3.29. The van der Waals surface area contributed by atoms with Gasteiger partial charge in [0.1, 0.15) is 0 Å². The highest BCUT2D eigenvalue weighted by Gasteiger charge is 2.15. The second kappa shape index (κ2) is 11.4. The summed E-state index contributed by atoms with van der Waals surface area (Å²) in [5, 5.41) is 7.94. The predicted octanol–water partition coefficient (Wildman–Crippen LogP) is 4.12. The van der Waals surface area contributed by atoms with E-state index in [1.165, 1.54) is 16.9 Å². The molecule has 170 valence electrons. The van der Waals surface area contributed by atoms with Gasteiger partial charge in [-0.2, -0.15) is 0 Å². The Morgan fingerprint density at radius 1 is 1.06 bits per heavy atom. The molecule has 4 N–H and O–H groups in total. The number of anilines is 1. The molecule has 32 heavy (non-hydrogen) atoms. The van der Waals surface area contributed by atoms with E-state index in [1.54, 1.807) is 33.5 Å². The Balaban J connectivity index is 1.53. The third-order valence-electron chi connectivity index (χ3n) is 4.89. The standard InChI is InChI=1S/C23H28N4O4S/c1-29-19-11-16(12-20(30-2)21(19)31-3)13-25-22(28)27-23-26-18(14-32-23)17(24)10-9-15-7-5-4-6-8-15/h4-8,11-12,14,17H,9-10,13,24H2,1-3H3,(H2,25,26,27,28). The summed E-state index contributed by atoms with van der Waals surface area (Å²) in [4.78, 5) is 16.8. The monoisotopic (exact) mass is 456 g/mol. The summed E-state index contributed by atoms with van der Waals surface area (Å²) < 4.78 is 16.0. The smallest absolute Gasteiger partial charge is 0.321 e. The number of methoxy groups -OCH3 is 3. The van der Waals surface area contributed by atoms with Gasteiger partial charge in [-0.25, -0.2) is 9.78 Å². The lowest BCUT2D eigenvalue weighted by Gasteiger charge is -2.14. The van der Waals surface area contributed by atoms with Crippen LogP contribution in [0.1, 0.15) is 29.3 Å². The molecule has 0 radical (unpaired) electrons. The first-order chi connectivity index (χ1) is 15.5. The topological polar surface area (TPSA) is 108 Å². The number of ether oxygens (including phenoxy) is 3. The maximum Gasteiger partial charge on any atom is 0.321 e. The number of nitrogens with two attached hydrogens (primary N) is 1. The van der Waals surface area contributed by atoms with Crippen molar-refractivity contribution in [1.82, 2.24) is 10.3 Å². The summed E-state index contributed by atoms with van der Waals surface area (Å²) in [5.41, 5.74) is 9.09. The van der Waals surface area contributed by atoms with Gasteiger partial charge in [-0.1, -0.05) is 30.3 Å². The van der Waals surface area contributed by atoms with Gasteiger partial charge in [0.15, 0.2) is 16.6 Å². The van der Waals surface area contributed by atoms with Crippen LogP contribution < -0.4 is 30.6 Å². The number of aromatic nitrogens is 1. The highest BCUT2D eigenvalue weighted by molar-refractivity contribution is 7.13. The van der Waals surface area contributed by atoms with Crippen LogP contribution in [0.2, 0.25) is 0 Å². The molecule has 1 unspecified atom stereocenters. The zero-order chi connectivity index (χ0) is 22.9. The molecule has 1 heterocycles. The Bertz CT molecular complexity index is 1000. The second-order valence-electron chi connectivity index (χ2n) is 7.05. The summed E-state index contributed by atoms with van der Waals surface area (Å²) in [6.07, 6.45) is 1.65. The molecule has 2 aromatic carbocycles. The summed E-state index contributed by atoms with van der Waals surface area (Å²) in [6, 6.07) is 13.2. The molecule has 0 aliphatic rings. The van der Waals surface area contributed by atoms with Crippen LogP contribution in [-0.2, 0) is 13.0 Å². The van der Waals surface area contributed by atoms with Crippen LogP contribution in [0.4, 0.5) is 9.93 Å². The van der Waals surface area contributed by atoms with E-state index in [-0.39, 0.29) is 18.6 Å². The zero-order valence-electron chi connectivity index (χ0n) is 18.4. The number of aryl methyl sites for hydroxylation is 1. The first kappa shape index (κ1) is 23.4. The summed E-state index contributed by atoms with van der Waals surface area (Å²) in [7, 11) is 4.64. The lowest BCUT2D eigenvalue weighted by Crippen LogP contribution is -2.28. The largest absolute Gasteiger partial charge is 0.493 e. The van der Waals surface area contributed by atoms with Crippen molar-refractivity contribution in [2.45, 2.75) is 25.4 Å². The number of hydrogen-bond acceptors (Lipinski definition) is 7. The number of benzene rings is 2. The molecule has 9 heteroatoms. The molecule has 3 rings (SSSR count). The number of carbonyl (C=O) groups is 1. The fourth-order valence-electron chi connectivity index (χ4n) is 3.19. The first-order valence-corrected chi connectivity index (χ1v) is 11.0. The van der Waals surface area contributed by atoms with Gasteiger partial charge in [-0.3, -0.25) is 5.32 Å². The van der Waals surface area contributed by atoms with Gasteiger partial charge >= 0.3 is 6.03 Å². The fraction of sp³-hybridized carbons (Fsp3) is 0.304. The summed E-state index contributed by atoms with van der Waals surface area (Å²) >= 11 is 1.35. The van der Waals surface area contributed by atoms with Gasteiger partial charge < -0.3 is 25.3 Å². The second-order valence-corrected chi connectivity index (χ2v) is 7.91. The predicted molar refractivity (Wildman–Crippen MR) is 126 cm³/mol. The normalized spacial score (nSPS) is 11.5. The van der Waals surface area contributed by atoms with Gasteiger partial charge in [0, 0.05) is 18.0 Å². The van der Waals surface area contributed by atoms with Crippen LogP contribution in [0.5, 0.6) is 17.2 Å². The van der Waals surface area contributed by atoms with Crippen LogP contribution in [0.3, 0.4) is 0 Å². The van der Waals surface area contributed by atoms with E-state index in [0.717, 1.165) is 24.1 Å².